The number of rotatable bonds is 70. The lowest BCUT2D eigenvalue weighted by Crippen LogP contribution is -2.30. The van der Waals surface area contributed by atoms with Crippen molar-refractivity contribution in [3.8, 4) is 0 Å². The van der Waals surface area contributed by atoms with Gasteiger partial charge in [-0.2, -0.15) is 0 Å². The fourth-order valence-corrected chi connectivity index (χ4v) is 12.3. The molecule has 90 heavy (non-hydrogen) atoms. The molecule has 0 saturated carbocycles. The fraction of sp³-hybridized carbons (Fsp3) is 0.944. The first-order valence-corrected chi connectivity index (χ1v) is 40.0. The minimum absolute atomic E-state index is 0.106. The van der Waals surface area contributed by atoms with Crippen molar-refractivity contribution in [2.45, 2.75) is 381 Å². The smallest absolute Gasteiger partial charge is 0.462 e. The number of ether oxygens (including phenoxy) is 4. The van der Waals surface area contributed by atoms with Crippen LogP contribution in [0.5, 0.6) is 0 Å². The van der Waals surface area contributed by atoms with E-state index in [0.717, 1.165) is 102 Å². The Morgan fingerprint density at radius 3 is 0.756 bits per heavy atom. The zero-order chi connectivity index (χ0) is 66.5. The Labute approximate surface area is 549 Å². The quantitative estimate of drug-likeness (QED) is 0.0222. The minimum Gasteiger partial charge on any atom is -0.462 e. The first kappa shape index (κ1) is 88.1. The first-order valence-electron chi connectivity index (χ1n) is 37.0. The van der Waals surface area contributed by atoms with Gasteiger partial charge in [-0.15, -0.1) is 0 Å². The van der Waals surface area contributed by atoms with E-state index in [-0.39, 0.29) is 25.7 Å². The van der Waals surface area contributed by atoms with Crippen LogP contribution in [0.1, 0.15) is 363 Å². The average molecular weight is 1330 g/mol. The van der Waals surface area contributed by atoms with Gasteiger partial charge in [-0.1, -0.05) is 311 Å². The second-order valence-corrected chi connectivity index (χ2v) is 29.5. The van der Waals surface area contributed by atoms with Crippen molar-refractivity contribution >= 4 is 39.5 Å². The number of unbranched alkanes of at least 4 members (excludes halogenated alkanes) is 40. The van der Waals surface area contributed by atoms with Gasteiger partial charge in [0, 0.05) is 25.7 Å². The topological polar surface area (TPSA) is 237 Å². The van der Waals surface area contributed by atoms with E-state index in [1.807, 2.05) is 0 Å². The van der Waals surface area contributed by atoms with Crippen molar-refractivity contribution in [3.63, 3.8) is 0 Å². The highest BCUT2D eigenvalue weighted by Crippen LogP contribution is 2.45. The second kappa shape index (κ2) is 63.1. The summed E-state index contributed by atoms with van der Waals surface area (Å²) in [6.07, 6.45) is 48.7. The van der Waals surface area contributed by atoms with Crippen molar-refractivity contribution in [3.05, 3.63) is 0 Å². The zero-order valence-electron chi connectivity index (χ0n) is 58.4. The van der Waals surface area contributed by atoms with Crippen molar-refractivity contribution < 1.29 is 80.2 Å². The second-order valence-electron chi connectivity index (χ2n) is 26.6. The Kier molecular flexibility index (Phi) is 61.8. The minimum atomic E-state index is -4.95. The molecule has 0 aliphatic carbocycles. The third-order valence-electron chi connectivity index (χ3n) is 16.5. The average Bonchev–Trinajstić information content (AvgIpc) is 3.70. The van der Waals surface area contributed by atoms with Crippen LogP contribution in [-0.2, 0) is 65.4 Å². The molecule has 0 bridgehead atoms. The van der Waals surface area contributed by atoms with Crippen LogP contribution in [0, 0.1) is 11.8 Å². The number of phosphoric ester groups is 2. The third kappa shape index (κ3) is 64.8. The molecule has 0 fully saturated rings. The van der Waals surface area contributed by atoms with Gasteiger partial charge in [0.1, 0.15) is 19.3 Å². The summed E-state index contributed by atoms with van der Waals surface area (Å²) in [5.41, 5.74) is 0. The number of hydrogen-bond acceptors (Lipinski definition) is 15. The van der Waals surface area contributed by atoms with E-state index in [9.17, 15) is 43.2 Å². The highest BCUT2D eigenvalue weighted by atomic mass is 31.2. The largest absolute Gasteiger partial charge is 0.472 e. The molecule has 0 rings (SSSR count). The Hall–Kier alpha value is -1.94. The predicted molar refractivity (Wildman–Crippen MR) is 363 cm³/mol. The van der Waals surface area contributed by atoms with Crippen LogP contribution in [0.4, 0.5) is 0 Å². The van der Waals surface area contributed by atoms with Gasteiger partial charge < -0.3 is 33.8 Å². The van der Waals surface area contributed by atoms with Crippen LogP contribution in [0.2, 0.25) is 0 Å². The van der Waals surface area contributed by atoms with Gasteiger partial charge in [-0.3, -0.25) is 37.3 Å². The zero-order valence-corrected chi connectivity index (χ0v) is 60.2. The summed E-state index contributed by atoms with van der Waals surface area (Å²) in [7, 11) is -9.90. The molecule has 534 valence electrons. The summed E-state index contributed by atoms with van der Waals surface area (Å²) in [6, 6.07) is 0. The van der Waals surface area contributed by atoms with Gasteiger partial charge in [-0.25, -0.2) is 9.13 Å². The molecule has 5 atom stereocenters. The summed E-state index contributed by atoms with van der Waals surface area (Å²) in [5, 5.41) is 10.6. The van der Waals surface area contributed by atoms with Crippen LogP contribution in [0.3, 0.4) is 0 Å². The molecule has 17 nitrogen and oxygen atoms in total. The van der Waals surface area contributed by atoms with Gasteiger partial charge in [0.15, 0.2) is 12.2 Å². The number of carbonyl (C=O) groups is 4. The molecule has 0 saturated heterocycles. The Morgan fingerprint density at radius 2 is 0.511 bits per heavy atom. The van der Waals surface area contributed by atoms with Crippen LogP contribution in [0.25, 0.3) is 0 Å². The Morgan fingerprint density at radius 1 is 0.300 bits per heavy atom. The molecule has 0 radical (unpaired) electrons. The molecular weight excluding hydrogens is 1190 g/mol. The van der Waals surface area contributed by atoms with E-state index >= 15 is 0 Å². The lowest BCUT2D eigenvalue weighted by atomic mass is 10.0. The summed E-state index contributed by atoms with van der Waals surface area (Å²) < 4.78 is 68.3. The molecule has 3 N–H and O–H groups in total. The number of esters is 4. The highest BCUT2D eigenvalue weighted by Gasteiger charge is 2.30. The van der Waals surface area contributed by atoms with E-state index in [1.165, 1.54) is 173 Å². The van der Waals surface area contributed by atoms with E-state index in [4.69, 9.17) is 37.0 Å². The number of phosphoric acid groups is 2. The molecular formula is C71H138O17P2. The van der Waals surface area contributed by atoms with E-state index in [2.05, 4.69) is 41.5 Å². The van der Waals surface area contributed by atoms with Crippen molar-refractivity contribution in [1.82, 2.24) is 0 Å². The molecule has 19 heteroatoms. The van der Waals surface area contributed by atoms with E-state index in [1.54, 1.807) is 0 Å². The van der Waals surface area contributed by atoms with Crippen molar-refractivity contribution in [1.29, 1.82) is 0 Å². The van der Waals surface area contributed by atoms with Gasteiger partial charge >= 0.3 is 39.5 Å². The normalized spacial score (nSPS) is 14.1. The molecule has 0 aromatic carbocycles. The van der Waals surface area contributed by atoms with E-state index in [0.29, 0.717) is 31.6 Å². The standard InChI is InChI=1S/C71H138O17P2/c1-7-9-11-13-15-17-19-20-21-22-23-24-25-27-29-37-44-50-56-71(76)87-66(59-81-68(73)53-47-41-35-31-30-33-39-45-51-63(3)4)61-85-89(77,78)83-57-65(72)58-84-90(79,80)86-62-67(60-82-69(74)54-48-42-38-32-34-40-46-52-64(5)6)88-70(75)55-49-43-36-28-26-18-16-14-12-10-8-2/h63-67,72H,7-62H2,1-6H3,(H,77,78)(H,79,80)/t65-,66-,67-/m1/s1. The number of aliphatic hydroxyl groups is 1. The lowest BCUT2D eigenvalue weighted by molar-refractivity contribution is -0.161. The predicted octanol–water partition coefficient (Wildman–Crippen LogP) is 20.4. The molecule has 0 spiro atoms. The summed E-state index contributed by atoms with van der Waals surface area (Å²) in [6.45, 7) is 9.46. The Balaban J connectivity index is 5.21. The van der Waals surface area contributed by atoms with Crippen molar-refractivity contribution in [2.24, 2.45) is 11.8 Å². The molecule has 2 unspecified atom stereocenters. The van der Waals surface area contributed by atoms with E-state index < -0.39 is 97.5 Å². The van der Waals surface area contributed by atoms with Crippen LogP contribution < -0.4 is 0 Å². The molecule has 0 aliphatic rings. The van der Waals surface area contributed by atoms with Gasteiger partial charge in [0.25, 0.3) is 0 Å². The lowest BCUT2D eigenvalue weighted by Gasteiger charge is -2.21. The third-order valence-corrected chi connectivity index (χ3v) is 18.4. The monoisotopic (exact) mass is 1320 g/mol. The Bertz CT molecular complexity index is 1750. The van der Waals surface area contributed by atoms with Crippen LogP contribution in [0.15, 0.2) is 0 Å². The highest BCUT2D eigenvalue weighted by molar-refractivity contribution is 7.47. The fourth-order valence-electron chi connectivity index (χ4n) is 10.8. The number of aliphatic hydroxyl groups excluding tert-OH is 1. The van der Waals surface area contributed by atoms with Gasteiger partial charge in [0.2, 0.25) is 0 Å². The number of hydrogen-bond donors (Lipinski definition) is 3. The maximum Gasteiger partial charge on any atom is 0.472 e. The summed E-state index contributed by atoms with van der Waals surface area (Å²) in [5.74, 6) is -0.692. The van der Waals surface area contributed by atoms with Gasteiger partial charge in [-0.05, 0) is 37.5 Å². The molecule has 0 aromatic rings. The van der Waals surface area contributed by atoms with Gasteiger partial charge in [0.05, 0.1) is 26.4 Å². The first-order chi connectivity index (χ1) is 43.4. The summed E-state index contributed by atoms with van der Waals surface area (Å²) in [4.78, 5) is 72.5. The summed E-state index contributed by atoms with van der Waals surface area (Å²) >= 11 is 0. The molecule has 0 aromatic heterocycles. The van der Waals surface area contributed by atoms with Crippen LogP contribution >= 0.6 is 15.6 Å². The SMILES string of the molecule is CCCCCCCCCCCCCCCCCCCCC(=O)O[C@H](COC(=O)CCCCCCCCCCC(C)C)COP(=O)(O)OC[C@@H](O)COP(=O)(O)OC[C@@H](COC(=O)CCCCCCCCCC(C)C)OC(=O)CCCCCCCCCCCCC. The van der Waals surface area contributed by atoms with Crippen LogP contribution in [-0.4, -0.2) is 96.7 Å². The molecule has 0 amide bonds. The molecule has 0 heterocycles. The molecule has 0 aliphatic heterocycles. The maximum atomic E-state index is 13.0. The van der Waals surface area contributed by atoms with Crippen molar-refractivity contribution in [2.75, 3.05) is 39.6 Å². The maximum absolute atomic E-state index is 13.0. The number of carbonyl (C=O) groups excluding carboxylic acids is 4.